The number of carbonyl (C=O) groups is 3. The van der Waals surface area contributed by atoms with Gasteiger partial charge >= 0.3 is 0 Å². The smallest absolute Gasteiger partial charge is 0.262 e. The van der Waals surface area contributed by atoms with Crippen molar-refractivity contribution in [3.05, 3.63) is 137 Å². The predicted molar refractivity (Wildman–Crippen MR) is 222 cm³/mol. The largest absolute Gasteiger partial charge is 0.497 e. The first-order valence-electron chi connectivity index (χ1n) is 18.8. The molecule has 0 spiro atoms. The summed E-state index contributed by atoms with van der Waals surface area (Å²) < 4.78 is 12.7. The van der Waals surface area contributed by atoms with Crippen LogP contribution in [0.3, 0.4) is 0 Å². The van der Waals surface area contributed by atoms with Gasteiger partial charge in [0.25, 0.3) is 5.91 Å². The second-order valence-corrected chi connectivity index (χ2v) is 13.0. The van der Waals surface area contributed by atoms with Gasteiger partial charge in [-0.15, -0.1) is 0 Å². The first-order valence-corrected chi connectivity index (χ1v) is 19.2. The second-order valence-electron chi connectivity index (χ2n) is 12.5. The van der Waals surface area contributed by atoms with Gasteiger partial charge in [-0.1, -0.05) is 91.4 Å². The molecule has 1 heterocycles. The maximum atomic E-state index is 13.5. The molecular formula is C45H56ClN3O5. The van der Waals surface area contributed by atoms with E-state index in [9.17, 15) is 14.4 Å². The fourth-order valence-corrected chi connectivity index (χ4v) is 5.71. The highest BCUT2D eigenvalue weighted by Gasteiger charge is 2.22. The number of fused-ring (bicyclic) bond motifs is 1. The van der Waals surface area contributed by atoms with Gasteiger partial charge in [-0.2, -0.15) is 0 Å². The number of methoxy groups -OCH3 is 1. The number of rotatable bonds is 24. The molecule has 0 bridgehead atoms. The maximum absolute atomic E-state index is 13.5. The normalized spacial score (nSPS) is 12.1. The number of halogens is 1. The first-order chi connectivity index (χ1) is 26.3. The molecule has 9 heteroatoms. The van der Waals surface area contributed by atoms with E-state index in [1.165, 1.54) is 0 Å². The van der Waals surface area contributed by atoms with Gasteiger partial charge in [0.15, 0.2) is 0 Å². The highest BCUT2D eigenvalue weighted by molar-refractivity contribution is 6.30. The van der Waals surface area contributed by atoms with E-state index in [2.05, 4.69) is 84.4 Å². The van der Waals surface area contributed by atoms with Gasteiger partial charge in [0, 0.05) is 41.2 Å². The molecule has 3 rings (SSSR count). The molecule has 0 saturated carbocycles. The van der Waals surface area contributed by atoms with E-state index in [0.717, 1.165) is 49.5 Å². The molecule has 3 aromatic rings. The number of hydrogen-bond acceptors (Lipinski definition) is 5. The summed E-state index contributed by atoms with van der Waals surface area (Å²) in [5.41, 5.74) is 2.61. The number of allylic oxidation sites excluding steroid dienone is 12. The Kier molecular flexibility index (Phi) is 20.9. The summed E-state index contributed by atoms with van der Waals surface area (Å²) in [6, 6.07) is 12.2. The van der Waals surface area contributed by atoms with Crippen LogP contribution in [0, 0.1) is 6.92 Å². The zero-order chi connectivity index (χ0) is 38.8. The lowest BCUT2D eigenvalue weighted by Crippen LogP contribution is -2.31. The van der Waals surface area contributed by atoms with Crippen LogP contribution in [0.1, 0.15) is 79.9 Å². The molecule has 54 heavy (non-hydrogen) atoms. The number of nitrogens with zero attached hydrogens (tertiary/aromatic N) is 1. The summed E-state index contributed by atoms with van der Waals surface area (Å²) in [4.78, 5) is 38.6. The molecule has 0 saturated heterocycles. The predicted octanol–water partition coefficient (Wildman–Crippen LogP) is 9.57. The maximum Gasteiger partial charge on any atom is 0.262 e. The van der Waals surface area contributed by atoms with Crippen molar-refractivity contribution in [2.45, 2.75) is 71.6 Å². The van der Waals surface area contributed by atoms with Crippen molar-refractivity contribution in [1.29, 1.82) is 0 Å². The lowest BCUT2D eigenvalue weighted by Gasteiger charge is -2.09. The Labute approximate surface area is 326 Å². The fourth-order valence-electron chi connectivity index (χ4n) is 5.59. The number of amides is 2. The van der Waals surface area contributed by atoms with E-state index in [1.807, 2.05) is 25.1 Å². The lowest BCUT2D eigenvalue weighted by molar-refractivity contribution is -0.121. The standard InChI is InChI=1S/C45H56ClN3O5/c1-4-5-6-7-8-9-10-11-12-13-14-15-16-17-18-19-20-21-22-23-43(50)47-30-32-54-33-31-48-44(51)35-40-36(2)49(42-29-28-39(53-3)34-41(40)42)45(52)37-24-26-38(46)27-25-37/h5-6,8-9,11-12,14-15,17-18,20-21,24-29,34H,4,7,10,13,16,19,22-23,30-33,35H2,1-3H3,(H,47,50)(H,48,51)/b6-5+,9-8-,12-11-,15-14-,18-17-,21-20-. The van der Waals surface area contributed by atoms with Crippen molar-refractivity contribution in [3.63, 3.8) is 0 Å². The van der Waals surface area contributed by atoms with Crippen molar-refractivity contribution in [2.75, 3.05) is 33.4 Å². The summed E-state index contributed by atoms with van der Waals surface area (Å²) >= 11 is 6.03. The van der Waals surface area contributed by atoms with Crippen molar-refractivity contribution in [1.82, 2.24) is 15.2 Å². The van der Waals surface area contributed by atoms with Crippen LogP contribution < -0.4 is 15.4 Å². The second kappa shape index (κ2) is 26.0. The average Bonchev–Trinajstić information content (AvgIpc) is 3.44. The van der Waals surface area contributed by atoms with E-state index in [-0.39, 0.29) is 24.1 Å². The van der Waals surface area contributed by atoms with E-state index in [1.54, 1.807) is 42.0 Å². The molecule has 0 fully saturated rings. The minimum absolute atomic E-state index is 0.0212. The van der Waals surface area contributed by atoms with Gasteiger partial charge in [-0.3, -0.25) is 19.0 Å². The Morgan fingerprint density at radius 1 is 0.722 bits per heavy atom. The van der Waals surface area contributed by atoms with Gasteiger partial charge in [0.1, 0.15) is 5.75 Å². The molecule has 0 aliphatic carbocycles. The summed E-state index contributed by atoms with van der Waals surface area (Å²) in [6.45, 7) is 5.36. The SMILES string of the molecule is CC/C=C/C/C=C\C/C=C\C/C=C\C/C=C\C/C=C\CCC(=O)NCCOCCNC(=O)Cc1c(C)n(C(=O)c2ccc(Cl)cc2)c2ccc(OC)cc12. The minimum atomic E-state index is -0.208. The van der Waals surface area contributed by atoms with Crippen LogP contribution in [0.15, 0.2) is 115 Å². The highest BCUT2D eigenvalue weighted by Crippen LogP contribution is 2.31. The van der Waals surface area contributed by atoms with Crippen LogP contribution in [0.25, 0.3) is 10.9 Å². The topological polar surface area (TPSA) is 98.7 Å². The third-order valence-electron chi connectivity index (χ3n) is 8.45. The quantitative estimate of drug-likeness (QED) is 0.0702. The zero-order valence-electron chi connectivity index (χ0n) is 32.0. The average molecular weight is 754 g/mol. The van der Waals surface area contributed by atoms with Crippen LogP contribution in [0.2, 0.25) is 5.02 Å². The summed E-state index contributed by atoms with van der Waals surface area (Å²) in [5, 5.41) is 7.08. The third kappa shape index (κ3) is 16.0. The molecule has 8 nitrogen and oxygen atoms in total. The molecule has 0 unspecified atom stereocenters. The number of ether oxygens (including phenoxy) is 2. The molecule has 288 valence electrons. The lowest BCUT2D eigenvalue weighted by atomic mass is 10.1. The Morgan fingerprint density at radius 2 is 1.26 bits per heavy atom. The number of nitrogens with one attached hydrogen (secondary N) is 2. The van der Waals surface area contributed by atoms with Crippen molar-refractivity contribution in [2.24, 2.45) is 0 Å². The summed E-state index contributed by atoms with van der Waals surface area (Å²) in [7, 11) is 1.58. The number of aromatic nitrogens is 1. The molecule has 2 N–H and O–H groups in total. The minimum Gasteiger partial charge on any atom is -0.497 e. The van der Waals surface area contributed by atoms with E-state index in [0.29, 0.717) is 66.7 Å². The van der Waals surface area contributed by atoms with Crippen LogP contribution >= 0.6 is 11.6 Å². The molecule has 2 aromatic carbocycles. The Balaban J connectivity index is 1.26. The first kappa shape index (κ1) is 43.5. The van der Waals surface area contributed by atoms with Crippen molar-refractivity contribution >= 4 is 40.2 Å². The van der Waals surface area contributed by atoms with E-state index < -0.39 is 0 Å². The highest BCUT2D eigenvalue weighted by atomic mass is 35.5. The monoisotopic (exact) mass is 753 g/mol. The van der Waals surface area contributed by atoms with Crippen LogP contribution in [-0.2, 0) is 20.7 Å². The number of carbonyl (C=O) groups excluding carboxylic acids is 3. The molecule has 0 aliphatic rings. The van der Waals surface area contributed by atoms with Crippen LogP contribution in [-0.4, -0.2) is 55.7 Å². The summed E-state index contributed by atoms with van der Waals surface area (Å²) in [6.07, 6.45) is 32.9. The molecule has 0 radical (unpaired) electrons. The third-order valence-corrected chi connectivity index (χ3v) is 8.70. The number of hydrogen-bond donors (Lipinski definition) is 2. The Morgan fingerprint density at radius 3 is 1.81 bits per heavy atom. The molecule has 2 amide bonds. The van der Waals surface area contributed by atoms with Gasteiger partial charge in [0.05, 0.1) is 32.3 Å². The zero-order valence-corrected chi connectivity index (χ0v) is 32.8. The van der Waals surface area contributed by atoms with E-state index in [4.69, 9.17) is 21.1 Å². The Hall–Kier alpha value is -4.92. The van der Waals surface area contributed by atoms with Gasteiger partial charge in [-0.05, 0) is 99.9 Å². The van der Waals surface area contributed by atoms with E-state index >= 15 is 0 Å². The van der Waals surface area contributed by atoms with Crippen molar-refractivity contribution < 1.29 is 23.9 Å². The molecule has 0 aliphatic heterocycles. The van der Waals surface area contributed by atoms with Gasteiger partial charge in [0.2, 0.25) is 11.8 Å². The molecule has 0 atom stereocenters. The Bertz CT molecular complexity index is 1800. The molecule has 1 aromatic heterocycles. The summed E-state index contributed by atoms with van der Waals surface area (Å²) in [5.74, 6) is 0.215. The van der Waals surface area contributed by atoms with Crippen LogP contribution in [0.5, 0.6) is 5.75 Å². The van der Waals surface area contributed by atoms with Gasteiger partial charge in [-0.25, -0.2) is 0 Å². The number of benzene rings is 2. The van der Waals surface area contributed by atoms with Crippen molar-refractivity contribution in [3.8, 4) is 5.75 Å². The fraction of sp³-hybridized carbons (Fsp3) is 0.356. The van der Waals surface area contributed by atoms with Crippen LogP contribution in [0.4, 0.5) is 0 Å². The molecular weight excluding hydrogens is 698 g/mol. The van der Waals surface area contributed by atoms with Gasteiger partial charge < -0.3 is 20.1 Å².